The van der Waals surface area contributed by atoms with Crippen LogP contribution in [0.15, 0.2) is 0 Å². The molecule has 1 N–H and O–H groups in total. The lowest BCUT2D eigenvalue weighted by atomic mass is 10.0. The van der Waals surface area contributed by atoms with E-state index in [0.29, 0.717) is 12.0 Å². The Morgan fingerprint density at radius 1 is 1.21 bits per heavy atom. The van der Waals surface area contributed by atoms with Crippen LogP contribution < -0.4 is 5.48 Å². The van der Waals surface area contributed by atoms with Crippen LogP contribution in [0.4, 0.5) is 0 Å². The molecule has 0 aliphatic heterocycles. The standard InChI is InChI=1S/C12H25NO/c1-10(2)9-14-13-12-6-4-5-11(3)7-8-12/h10-13H,4-9H2,1-3H3. The summed E-state index contributed by atoms with van der Waals surface area (Å²) in [5.74, 6) is 1.53. The average molecular weight is 199 g/mol. The zero-order valence-electron chi connectivity index (χ0n) is 9.88. The van der Waals surface area contributed by atoms with E-state index >= 15 is 0 Å². The van der Waals surface area contributed by atoms with Gasteiger partial charge in [-0.2, -0.15) is 5.48 Å². The van der Waals surface area contributed by atoms with Gasteiger partial charge < -0.3 is 4.84 Å². The minimum absolute atomic E-state index is 0.596. The average Bonchev–Trinajstić information content (AvgIpc) is 2.30. The van der Waals surface area contributed by atoms with E-state index in [0.717, 1.165) is 12.5 Å². The van der Waals surface area contributed by atoms with Gasteiger partial charge in [0, 0.05) is 6.04 Å². The molecule has 0 spiro atoms. The molecule has 2 atom stereocenters. The van der Waals surface area contributed by atoms with Gasteiger partial charge in [-0.25, -0.2) is 0 Å². The zero-order chi connectivity index (χ0) is 10.4. The van der Waals surface area contributed by atoms with Crippen molar-refractivity contribution in [1.82, 2.24) is 5.48 Å². The van der Waals surface area contributed by atoms with Gasteiger partial charge in [0.25, 0.3) is 0 Å². The van der Waals surface area contributed by atoms with Gasteiger partial charge in [-0.15, -0.1) is 0 Å². The summed E-state index contributed by atoms with van der Waals surface area (Å²) in [7, 11) is 0. The van der Waals surface area contributed by atoms with Crippen LogP contribution in [0.3, 0.4) is 0 Å². The van der Waals surface area contributed by atoms with Gasteiger partial charge in [0.2, 0.25) is 0 Å². The van der Waals surface area contributed by atoms with Crippen LogP contribution in [0.25, 0.3) is 0 Å². The summed E-state index contributed by atoms with van der Waals surface area (Å²) in [6.07, 6.45) is 6.65. The van der Waals surface area contributed by atoms with E-state index in [-0.39, 0.29) is 0 Å². The van der Waals surface area contributed by atoms with Gasteiger partial charge in [-0.1, -0.05) is 33.6 Å². The molecule has 1 saturated carbocycles. The molecule has 1 aliphatic carbocycles. The molecule has 2 heteroatoms. The fourth-order valence-corrected chi connectivity index (χ4v) is 1.94. The second-order valence-electron chi connectivity index (χ2n) is 5.13. The second kappa shape index (κ2) is 6.41. The van der Waals surface area contributed by atoms with Crippen LogP contribution >= 0.6 is 0 Å². The molecule has 1 aliphatic rings. The maximum Gasteiger partial charge on any atom is 0.0705 e. The monoisotopic (exact) mass is 199 g/mol. The smallest absolute Gasteiger partial charge is 0.0705 e. The van der Waals surface area contributed by atoms with Gasteiger partial charge >= 0.3 is 0 Å². The van der Waals surface area contributed by atoms with Crippen LogP contribution in [0.5, 0.6) is 0 Å². The Kier molecular flexibility index (Phi) is 5.49. The molecule has 1 rings (SSSR count). The van der Waals surface area contributed by atoms with E-state index < -0.39 is 0 Å². The van der Waals surface area contributed by atoms with Crippen LogP contribution in [-0.4, -0.2) is 12.6 Å². The van der Waals surface area contributed by atoms with Crippen LogP contribution in [-0.2, 0) is 4.84 Å². The first-order chi connectivity index (χ1) is 6.68. The van der Waals surface area contributed by atoms with Crippen molar-refractivity contribution in [2.24, 2.45) is 11.8 Å². The molecule has 2 unspecified atom stereocenters. The molecule has 2 nitrogen and oxygen atoms in total. The number of hydroxylamine groups is 1. The molecule has 0 amide bonds. The van der Waals surface area contributed by atoms with Crippen molar-refractivity contribution in [3.05, 3.63) is 0 Å². The highest BCUT2D eigenvalue weighted by atomic mass is 16.6. The normalized spacial score (nSPS) is 29.1. The molecule has 0 heterocycles. The largest absolute Gasteiger partial charge is 0.301 e. The van der Waals surface area contributed by atoms with E-state index in [4.69, 9.17) is 4.84 Å². The summed E-state index contributed by atoms with van der Waals surface area (Å²) in [5.41, 5.74) is 3.21. The highest BCUT2D eigenvalue weighted by molar-refractivity contribution is 4.70. The minimum Gasteiger partial charge on any atom is -0.301 e. The Hall–Kier alpha value is -0.0800. The van der Waals surface area contributed by atoms with Crippen molar-refractivity contribution >= 4 is 0 Å². The molecular weight excluding hydrogens is 174 g/mol. The Labute approximate surface area is 88.4 Å². The van der Waals surface area contributed by atoms with E-state index in [2.05, 4.69) is 26.3 Å². The van der Waals surface area contributed by atoms with E-state index in [1.807, 2.05) is 0 Å². The minimum atomic E-state index is 0.596. The highest BCUT2D eigenvalue weighted by Crippen LogP contribution is 2.22. The Morgan fingerprint density at radius 3 is 2.71 bits per heavy atom. The van der Waals surface area contributed by atoms with Crippen molar-refractivity contribution in [3.63, 3.8) is 0 Å². The predicted molar refractivity (Wildman–Crippen MR) is 60.0 cm³/mol. The third-order valence-corrected chi connectivity index (χ3v) is 2.92. The Bertz CT molecular complexity index is 147. The molecule has 0 saturated heterocycles. The highest BCUT2D eigenvalue weighted by Gasteiger charge is 2.15. The zero-order valence-corrected chi connectivity index (χ0v) is 9.88. The first-order valence-electron chi connectivity index (χ1n) is 6.05. The quantitative estimate of drug-likeness (QED) is 0.555. The van der Waals surface area contributed by atoms with Crippen molar-refractivity contribution in [2.75, 3.05) is 6.61 Å². The molecule has 14 heavy (non-hydrogen) atoms. The van der Waals surface area contributed by atoms with Crippen molar-refractivity contribution in [3.8, 4) is 0 Å². The first kappa shape index (κ1) is 12.0. The summed E-state index contributed by atoms with van der Waals surface area (Å²) >= 11 is 0. The third kappa shape index (κ3) is 4.97. The molecule has 0 aromatic heterocycles. The lowest BCUT2D eigenvalue weighted by molar-refractivity contribution is -0.00239. The molecule has 0 bridgehead atoms. The van der Waals surface area contributed by atoms with Gasteiger partial charge in [0.15, 0.2) is 0 Å². The van der Waals surface area contributed by atoms with Crippen LogP contribution in [0.1, 0.15) is 52.9 Å². The summed E-state index contributed by atoms with van der Waals surface area (Å²) in [6, 6.07) is 0.596. The third-order valence-electron chi connectivity index (χ3n) is 2.92. The van der Waals surface area contributed by atoms with Gasteiger partial charge in [0.1, 0.15) is 0 Å². The molecule has 0 aromatic carbocycles. The number of nitrogens with one attached hydrogen (secondary N) is 1. The predicted octanol–water partition coefficient (Wildman–Crippen LogP) is 3.13. The topological polar surface area (TPSA) is 21.3 Å². The maximum atomic E-state index is 5.48. The molecule has 0 aromatic rings. The van der Waals surface area contributed by atoms with Crippen molar-refractivity contribution in [1.29, 1.82) is 0 Å². The first-order valence-corrected chi connectivity index (χ1v) is 6.05. The number of rotatable bonds is 4. The molecule has 1 fully saturated rings. The fraction of sp³-hybridized carbons (Fsp3) is 1.00. The van der Waals surface area contributed by atoms with Crippen molar-refractivity contribution in [2.45, 2.75) is 58.9 Å². The SMILES string of the molecule is CC(C)CONC1CCCC(C)CC1. The summed E-state index contributed by atoms with van der Waals surface area (Å²) in [6.45, 7) is 7.54. The van der Waals surface area contributed by atoms with Gasteiger partial charge in [0.05, 0.1) is 6.61 Å². The Balaban J connectivity index is 2.11. The maximum absolute atomic E-state index is 5.48. The van der Waals surface area contributed by atoms with Crippen molar-refractivity contribution < 1.29 is 4.84 Å². The number of hydrogen-bond donors (Lipinski definition) is 1. The van der Waals surface area contributed by atoms with E-state index in [1.165, 1.54) is 32.1 Å². The van der Waals surface area contributed by atoms with E-state index in [9.17, 15) is 0 Å². The van der Waals surface area contributed by atoms with E-state index in [1.54, 1.807) is 0 Å². The second-order valence-corrected chi connectivity index (χ2v) is 5.13. The van der Waals surface area contributed by atoms with Crippen LogP contribution in [0, 0.1) is 11.8 Å². The number of hydrogen-bond acceptors (Lipinski definition) is 2. The van der Waals surface area contributed by atoms with Gasteiger partial charge in [-0.05, 0) is 31.1 Å². The van der Waals surface area contributed by atoms with Crippen LogP contribution in [0.2, 0.25) is 0 Å². The van der Waals surface area contributed by atoms with Gasteiger partial charge in [-0.3, -0.25) is 0 Å². The fourth-order valence-electron chi connectivity index (χ4n) is 1.94. The lowest BCUT2D eigenvalue weighted by Crippen LogP contribution is -2.30. The summed E-state index contributed by atoms with van der Waals surface area (Å²) in [5, 5.41) is 0. The lowest BCUT2D eigenvalue weighted by Gasteiger charge is -2.16. The summed E-state index contributed by atoms with van der Waals surface area (Å²) in [4.78, 5) is 5.48. The summed E-state index contributed by atoms with van der Waals surface area (Å²) < 4.78 is 0. The molecule has 0 radical (unpaired) electrons. The molecule has 84 valence electrons. The Morgan fingerprint density at radius 2 is 2.00 bits per heavy atom. The molecular formula is C12H25NO.